The second-order valence-electron chi connectivity index (χ2n) is 5.32. The molecule has 0 radical (unpaired) electrons. The highest BCUT2D eigenvalue weighted by Gasteiger charge is 2.31. The Morgan fingerprint density at radius 1 is 1.42 bits per heavy atom. The molecule has 1 aromatic carbocycles. The third-order valence-corrected chi connectivity index (χ3v) is 4.08. The van der Waals surface area contributed by atoms with Gasteiger partial charge in [0.25, 0.3) is 0 Å². The molecule has 0 saturated heterocycles. The number of nitrogens with zero attached hydrogens (tertiary/aromatic N) is 1. The van der Waals surface area contributed by atoms with Crippen molar-refractivity contribution in [2.75, 3.05) is 0 Å². The van der Waals surface area contributed by atoms with Gasteiger partial charge in [-0.3, -0.25) is 0 Å². The van der Waals surface area contributed by atoms with Gasteiger partial charge in [-0.2, -0.15) is 5.26 Å². The van der Waals surface area contributed by atoms with Crippen molar-refractivity contribution in [1.29, 1.82) is 5.26 Å². The van der Waals surface area contributed by atoms with Crippen LogP contribution in [0.4, 0.5) is 0 Å². The molecule has 19 heavy (non-hydrogen) atoms. The third kappa shape index (κ3) is 3.88. The number of nitriles is 1. The molecule has 1 aromatic rings. The highest BCUT2D eigenvalue weighted by molar-refractivity contribution is 6.30. The van der Waals surface area contributed by atoms with E-state index in [1.807, 2.05) is 24.3 Å². The number of rotatable bonds is 4. The van der Waals surface area contributed by atoms with Crippen LogP contribution in [0.5, 0.6) is 5.75 Å². The predicted molar refractivity (Wildman–Crippen MR) is 77.2 cm³/mol. The van der Waals surface area contributed by atoms with Gasteiger partial charge in [0.05, 0.1) is 12.0 Å². The molecule has 3 atom stereocenters. The Kier molecular flexibility index (Phi) is 5.10. The normalized spacial score (nSPS) is 26.7. The number of benzene rings is 1. The smallest absolute Gasteiger partial charge is 0.121 e. The second kappa shape index (κ2) is 6.82. The number of halogens is 1. The molecule has 3 heteroatoms. The standard InChI is InChI=1S/C16H20ClNO/c1-2-4-12-7-8-13(11-18)16(9-12)19-15-6-3-5-14(17)10-15/h3,5-6,10,12-13,16H,2,4,7-9H2,1H3. The Bertz CT molecular complexity index is 454. The fourth-order valence-electron chi connectivity index (χ4n) is 2.88. The highest BCUT2D eigenvalue weighted by Crippen LogP contribution is 2.34. The zero-order valence-corrected chi connectivity index (χ0v) is 12.1. The average Bonchev–Trinajstić information content (AvgIpc) is 2.39. The first-order chi connectivity index (χ1) is 9.22. The minimum atomic E-state index is 0.00656. The van der Waals surface area contributed by atoms with Crippen LogP contribution in [0.2, 0.25) is 5.02 Å². The summed E-state index contributed by atoms with van der Waals surface area (Å²) in [4.78, 5) is 0. The van der Waals surface area contributed by atoms with E-state index in [2.05, 4.69) is 13.0 Å². The molecule has 0 heterocycles. The van der Waals surface area contributed by atoms with Gasteiger partial charge in [-0.1, -0.05) is 37.4 Å². The van der Waals surface area contributed by atoms with E-state index >= 15 is 0 Å². The lowest BCUT2D eigenvalue weighted by molar-refractivity contribution is 0.0875. The number of ether oxygens (including phenoxy) is 1. The molecule has 0 amide bonds. The first kappa shape index (κ1) is 14.2. The summed E-state index contributed by atoms with van der Waals surface area (Å²) in [6.07, 6.45) is 5.53. The van der Waals surface area contributed by atoms with Crippen molar-refractivity contribution in [2.45, 2.75) is 45.1 Å². The van der Waals surface area contributed by atoms with Gasteiger partial charge in [-0.05, 0) is 43.4 Å². The summed E-state index contributed by atoms with van der Waals surface area (Å²) in [5, 5.41) is 9.93. The van der Waals surface area contributed by atoms with E-state index in [0.717, 1.165) is 25.0 Å². The third-order valence-electron chi connectivity index (χ3n) is 3.85. The average molecular weight is 278 g/mol. The molecular weight excluding hydrogens is 258 g/mol. The molecule has 1 aliphatic carbocycles. The number of hydrogen-bond donors (Lipinski definition) is 0. The van der Waals surface area contributed by atoms with Crippen molar-refractivity contribution in [1.82, 2.24) is 0 Å². The second-order valence-corrected chi connectivity index (χ2v) is 5.75. The van der Waals surface area contributed by atoms with Crippen LogP contribution in [-0.4, -0.2) is 6.10 Å². The van der Waals surface area contributed by atoms with Gasteiger partial charge in [0.2, 0.25) is 0 Å². The molecule has 1 fully saturated rings. The van der Waals surface area contributed by atoms with Crippen LogP contribution in [0, 0.1) is 23.2 Å². The Morgan fingerprint density at radius 3 is 2.95 bits per heavy atom. The van der Waals surface area contributed by atoms with E-state index in [1.165, 1.54) is 12.8 Å². The van der Waals surface area contributed by atoms with Crippen molar-refractivity contribution in [3.63, 3.8) is 0 Å². The van der Waals surface area contributed by atoms with Crippen molar-refractivity contribution in [3.8, 4) is 11.8 Å². The lowest BCUT2D eigenvalue weighted by Gasteiger charge is -2.33. The summed E-state index contributed by atoms with van der Waals surface area (Å²) in [7, 11) is 0. The van der Waals surface area contributed by atoms with Crippen LogP contribution in [0.3, 0.4) is 0 Å². The van der Waals surface area contributed by atoms with Crippen LogP contribution in [0.1, 0.15) is 39.0 Å². The van der Waals surface area contributed by atoms with Crippen LogP contribution < -0.4 is 4.74 Å². The summed E-state index contributed by atoms with van der Waals surface area (Å²) in [6.45, 7) is 2.21. The Balaban J connectivity index is 2.04. The fraction of sp³-hybridized carbons (Fsp3) is 0.562. The first-order valence-corrected chi connectivity index (χ1v) is 7.42. The quantitative estimate of drug-likeness (QED) is 0.790. The lowest BCUT2D eigenvalue weighted by atomic mass is 9.78. The number of hydrogen-bond acceptors (Lipinski definition) is 2. The summed E-state index contributed by atoms with van der Waals surface area (Å²) in [5.74, 6) is 1.47. The lowest BCUT2D eigenvalue weighted by Crippen LogP contribution is -2.33. The Labute approximate surface area is 120 Å². The molecule has 2 nitrogen and oxygen atoms in total. The van der Waals surface area contributed by atoms with E-state index in [4.69, 9.17) is 16.3 Å². The molecule has 0 spiro atoms. The van der Waals surface area contributed by atoms with Gasteiger partial charge in [0, 0.05) is 5.02 Å². The summed E-state index contributed by atoms with van der Waals surface area (Å²) in [5.41, 5.74) is 0. The maximum absolute atomic E-state index is 9.25. The van der Waals surface area contributed by atoms with Crippen molar-refractivity contribution in [3.05, 3.63) is 29.3 Å². The summed E-state index contributed by atoms with van der Waals surface area (Å²) in [6, 6.07) is 9.83. The molecular formula is C16H20ClNO. The van der Waals surface area contributed by atoms with Gasteiger partial charge in [-0.15, -0.1) is 0 Å². The highest BCUT2D eigenvalue weighted by atomic mass is 35.5. The zero-order chi connectivity index (χ0) is 13.7. The molecule has 1 aliphatic rings. The van der Waals surface area contributed by atoms with Crippen molar-refractivity contribution in [2.24, 2.45) is 11.8 Å². The molecule has 1 saturated carbocycles. The van der Waals surface area contributed by atoms with Gasteiger partial charge < -0.3 is 4.74 Å². The maximum atomic E-state index is 9.25. The van der Waals surface area contributed by atoms with E-state index in [0.29, 0.717) is 10.9 Å². The zero-order valence-electron chi connectivity index (χ0n) is 11.3. The van der Waals surface area contributed by atoms with Gasteiger partial charge in [-0.25, -0.2) is 0 Å². The molecule has 0 aromatic heterocycles. The van der Waals surface area contributed by atoms with Crippen LogP contribution in [0.25, 0.3) is 0 Å². The van der Waals surface area contributed by atoms with Gasteiger partial charge >= 0.3 is 0 Å². The monoisotopic (exact) mass is 277 g/mol. The minimum absolute atomic E-state index is 0.00656. The topological polar surface area (TPSA) is 33.0 Å². The van der Waals surface area contributed by atoms with E-state index in [9.17, 15) is 5.26 Å². The molecule has 102 valence electrons. The molecule has 0 aliphatic heterocycles. The Hall–Kier alpha value is -1.20. The molecule has 2 rings (SSSR count). The Morgan fingerprint density at radius 2 is 2.26 bits per heavy atom. The maximum Gasteiger partial charge on any atom is 0.121 e. The molecule has 0 bridgehead atoms. The van der Waals surface area contributed by atoms with E-state index in [-0.39, 0.29) is 12.0 Å². The van der Waals surface area contributed by atoms with E-state index in [1.54, 1.807) is 0 Å². The summed E-state index contributed by atoms with van der Waals surface area (Å²) >= 11 is 5.97. The van der Waals surface area contributed by atoms with Crippen molar-refractivity contribution >= 4 is 11.6 Å². The van der Waals surface area contributed by atoms with Crippen LogP contribution >= 0.6 is 11.6 Å². The van der Waals surface area contributed by atoms with Crippen molar-refractivity contribution < 1.29 is 4.74 Å². The van der Waals surface area contributed by atoms with Crippen LogP contribution in [-0.2, 0) is 0 Å². The van der Waals surface area contributed by atoms with Crippen LogP contribution in [0.15, 0.2) is 24.3 Å². The fourth-order valence-corrected chi connectivity index (χ4v) is 3.06. The SMILES string of the molecule is CCCC1CCC(C#N)C(Oc2cccc(Cl)c2)C1. The molecule has 0 N–H and O–H groups in total. The van der Waals surface area contributed by atoms with Gasteiger partial charge in [0.15, 0.2) is 0 Å². The summed E-state index contributed by atoms with van der Waals surface area (Å²) < 4.78 is 6.01. The van der Waals surface area contributed by atoms with Gasteiger partial charge in [0.1, 0.15) is 11.9 Å². The molecule has 3 unspecified atom stereocenters. The van der Waals surface area contributed by atoms with E-state index < -0.39 is 0 Å². The largest absolute Gasteiger partial charge is 0.489 e. The predicted octanol–water partition coefficient (Wildman–Crippen LogP) is 4.83. The first-order valence-electron chi connectivity index (χ1n) is 7.04. The minimum Gasteiger partial charge on any atom is -0.489 e.